The van der Waals surface area contributed by atoms with Crippen molar-refractivity contribution in [2.45, 2.75) is 19.6 Å². The van der Waals surface area contributed by atoms with Crippen molar-refractivity contribution in [3.8, 4) is 17.2 Å². The van der Waals surface area contributed by atoms with E-state index in [2.05, 4.69) is 5.18 Å². The highest BCUT2D eigenvalue weighted by molar-refractivity contribution is 6.05. The Hall–Kier alpha value is -3.87. The number of methoxy groups -OCH3 is 2. The first-order chi connectivity index (χ1) is 15.0. The Morgan fingerprint density at radius 1 is 0.903 bits per heavy atom. The van der Waals surface area contributed by atoms with Gasteiger partial charge in [-0.2, -0.15) is 4.91 Å². The van der Waals surface area contributed by atoms with Gasteiger partial charge in [-0.05, 0) is 30.7 Å². The van der Waals surface area contributed by atoms with Crippen molar-refractivity contribution in [2.75, 3.05) is 14.2 Å². The molecular weight excluding hydrogens is 398 g/mol. The Labute approximate surface area is 178 Å². The predicted octanol–water partition coefficient (Wildman–Crippen LogP) is 5.37. The first kappa shape index (κ1) is 20.4. The fourth-order valence-electron chi connectivity index (χ4n) is 3.53. The number of rotatable bonds is 7. The minimum atomic E-state index is -0.556. The SMILES string of the molecule is COc1ccccc1COc1cc2oc(=O)c3cc(C(C)N=O)ccc3c2cc1OC. The van der Waals surface area contributed by atoms with Crippen molar-refractivity contribution in [1.29, 1.82) is 0 Å². The van der Waals surface area contributed by atoms with Gasteiger partial charge >= 0.3 is 5.63 Å². The molecule has 1 heterocycles. The molecule has 0 bridgehead atoms. The van der Waals surface area contributed by atoms with Crippen LogP contribution >= 0.6 is 0 Å². The number of ether oxygens (including phenoxy) is 3. The molecule has 1 atom stereocenters. The van der Waals surface area contributed by atoms with Gasteiger partial charge in [-0.25, -0.2) is 4.79 Å². The van der Waals surface area contributed by atoms with E-state index < -0.39 is 11.7 Å². The Morgan fingerprint density at radius 2 is 1.68 bits per heavy atom. The summed E-state index contributed by atoms with van der Waals surface area (Å²) < 4.78 is 22.4. The van der Waals surface area contributed by atoms with Crippen LogP contribution in [0.3, 0.4) is 0 Å². The van der Waals surface area contributed by atoms with Crippen LogP contribution in [-0.2, 0) is 6.61 Å². The molecule has 3 aromatic carbocycles. The number of nitrogens with zero attached hydrogens (tertiary/aromatic N) is 1. The number of benzene rings is 3. The van der Waals surface area contributed by atoms with E-state index in [1.165, 1.54) is 0 Å². The molecule has 0 fully saturated rings. The number of hydrogen-bond donors (Lipinski definition) is 0. The van der Waals surface area contributed by atoms with E-state index in [-0.39, 0.29) is 6.61 Å². The summed E-state index contributed by atoms with van der Waals surface area (Å²) in [6, 6.07) is 15.6. The molecule has 0 saturated heterocycles. The summed E-state index contributed by atoms with van der Waals surface area (Å²) in [7, 11) is 3.15. The molecule has 0 radical (unpaired) electrons. The second-order valence-corrected chi connectivity index (χ2v) is 7.08. The van der Waals surface area contributed by atoms with E-state index in [1.807, 2.05) is 24.3 Å². The van der Waals surface area contributed by atoms with Crippen molar-refractivity contribution in [2.24, 2.45) is 5.18 Å². The molecule has 4 aromatic rings. The third-order valence-corrected chi connectivity index (χ3v) is 5.24. The van der Waals surface area contributed by atoms with Gasteiger partial charge < -0.3 is 18.6 Å². The fourth-order valence-corrected chi connectivity index (χ4v) is 3.53. The lowest BCUT2D eigenvalue weighted by atomic mass is 10.0. The van der Waals surface area contributed by atoms with Gasteiger partial charge in [-0.3, -0.25) is 0 Å². The summed E-state index contributed by atoms with van der Waals surface area (Å²) >= 11 is 0. The van der Waals surface area contributed by atoms with E-state index in [4.69, 9.17) is 18.6 Å². The monoisotopic (exact) mass is 419 g/mol. The Kier molecular flexibility index (Phi) is 5.58. The van der Waals surface area contributed by atoms with Crippen molar-refractivity contribution < 1.29 is 18.6 Å². The van der Waals surface area contributed by atoms with Crippen LogP contribution in [0.15, 0.2) is 69.0 Å². The van der Waals surface area contributed by atoms with Crippen molar-refractivity contribution in [3.63, 3.8) is 0 Å². The van der Waals surface area contributed by atoms with Gasteiger partial charge in [0.15, 0.2) is 11.5 Å². The fraction of sp³-hybridized carbons (Fsp3) is 0.208. The van der Waals surface area contributed by atoms with Crippen LogP contribution in [0.1, 0.15) is 24.1 Å². The van der Waals surface area contributed by atoms with Gasteiger partial charge in [-0.15, -0.1) is 0 Å². The minimum absolute atomic E-state index is 0.254. The molecular formula is C24H21NO6. The first-order valence-electron chi connectivity index (χ1n) is 9.71. The summed E-state index contributed by atoms with van der Waals surface area (Å²) in [5.74, 6) is 1.66. The highest BCUT2D eigenvalue weighted by Gasteiger charge is 2.16. The highest BCUT2D eigenvalue weighted by Crippen LogP contribution is 2.36. The van der Waals surface area contributed by atoms with Gasteiger partial charge in [0.05, 0.1) is 19.6 Å². The number of fused-ring (bicyclic) bond motifs is 3. The van der Waals surface area contributed by atoms with Crippen LogP contribution in [0.25, 0.3) is 21.7 Å². The van der Waals surface area contributed by atoms with Crippen molar-refractivity contribution >= 4 is 21.7 Å². The second-order valence-electron chi connectivity index (χ2n) is 7.08. The molecule has 0 spiro atoms. The van der Waals surface area contributed by atoms with Crippen LogP contribution in [0.2, 0.25) is 0 Å². The zero-order valence-corrected chi connectivity index (χ0v) is 17.4. The molecule has 7 heteroatoms. The molecule has 0 amide bonds. The first-order valence-corrected chi connectivity index (χ1v) is 9.71. The zero-order chi connectivity index (χ0) is 22.0. The average Bonchev–Trinajstić information content (AvgIpc) is 2.81. The molecule has 4 rings (SSSR count). The molecule has 0 aliphatic carbocycles. The maximum absolute atomic E-state index is 12.6. The van der Waals surface area contributed by atoms with Gasteiger partial charge in [-0.1, -0.05) is 35.5 Å². The van der Waals surface area contributed by atoms with Crippen molar-refractivity contribution in [1.82, 2.24) is 0 Å². The third-order valence-electron chi connectivity index (χ3n) is 5.24. The summed E-state index contributed by atoms with van der Waals surface area (Å²) in [4.78, 5) is 23.5. The van der Waals surface area contributed by atoms with Gasteiger partial charge in [0.1, 0.15) is 24.0 Å². The summed E-state index contributed by atoms with van der Waals surface area (Å²) in [6.07, 6.45) is 0. The number of para-hydroxylation sites is 1. The van der Waals surface area contributed by atoms with Gasteiger partial charge in [0.2, 0.25) is 0 Å². The Bertz CT molecular complexity index is 1330. The summed E-state index contributed by atoms with van der Waals surface area (Å²) in [5, 5.41) is 4.81. The van der Waals surface area contributed by atoms with Crippen LogP contribution < -0.4 is 19.8 Å². The van der Waals surface area contributed by atoms with Crippen LogP contribution in [0.5, 0.6) is 17.2 Å². The van der Waals surface area contributed by atoms with E-state index in [0.29, 0.717) is 38.8 Å². The largest absolute Gasteiger partial charge is 0.496 e. The smallest absolute Gasteiger partial charge is 0.344 e. The molecule has 7 nitrogen and oxygen atoms in total. The molecule has 1 aromatic heterocycles. The molecule has 31 heavy (non-hydrogen) atoms. The standard InChI is InChI=1S/C24H21NO6/c1-14(25-27)15-8-9-17-18-11-22(29-3)23(12-21(18)31-24(26)19(17)10-15)30-13-16-6-4-5-7-20(16)28-2/h4-12,14H,13H2,1-3H3. The highest BCUT2D eigenvalue weighted by atomic mass is 16.5. The van der Waals surface area contributed by atoms with Crippen molar-refractivity contribution in [3.05, 3.63) is 81.1 Å². The lowest BCUT2D eigenvalue weighted by Crippen LogP contribution is -2.03. The van der Waals surface area contributed by atoms with E-state index in [1.54, 1.807) is 51.5 Å². The maximum atomic E-state index is 12.6. The van der Waals surface area contributed by atoms with Crippen LogP contribution in [0, 0.1) is 4.91 Å². The molecule has 0 N–H and O–H groups in total. The van der Waals surface area contributed by atoms with E-state index in [0.717, 1.165) is 11.3 Å². The van der Waals surface area contributed by atoms with Gasteiger partial charge in [0, 0.05) is 22.4 Å². The molecule has 0 aliphatic heterocycles. The molecule has 1 unspecified atom stereocenters. The quantitative estimate of drug-likeness (QED) is 0.227. The van der Waals surface area contributed by atoms with E-state index in [9.17, 15) is 9.70 Å². The lowest BCUT2D eigenvalue weighted by molar-refractivity contribution is 0.278. The molecule has 0 saturated carbocycles. The normalized spacial score (nSPS) is 12.0. The topological polar surface area (TPSA) is 87.3 Å². The minimum Gasteiger partial charge on any atom is -0.496 e. The number of hydrogen-bond acceptors (Lipinski definition) is 7. The Balaban J connectivity index is 1.79. The summed E-state index contributed by atoms with van der Waals surface area (Å²) in [5.41, 5.74) is 1.40. The average molecular weight is 419 g/mol. The van der Waals surface area contributed by atoms with Gasteiger partial charge in [0.25, 0.3) is 0 Å². The lowest BCUT2D eigenvalue weighted by Gasteiger charge is -2.14. The van der Waals surface area contributed by atoms with E-state index >= 15 is 0 Å². The molecule has 158 valence electrons. The summed E-state index contributed by atoms with van der Waals surface area (Å²) in [6.45, 7) is 1.93. The third kappa shape index (κ3) is 3.82. The molecule has 0 aliphatic rings. The number of nitroso groups, excluding NO2 is 1. The Morgan fingerprint density at radius 3 is 2.42 bits per heavy atom. The van der Waals surface area contributed by atoms with Crippen LogP contribution in [-0.4, -0.2) is 14.2 Å². The maximum Gasteiger partial charge on any atom is 0.344 e. The predicted molar refractivity (Wildman–Crippen MR) is 118 cm³/mol. The second kappa shape index (κ2) is 8.47. The zero-order valence-electron chi connectivity index (χ0n) is 17.4. The van der Waals surface area contributed by atoms with Crippen LogP contribution in [0.4, 0.5) is 0 Å².